The predicted octanol–water partition coefficient (Wildman–Crippen LogP) is 1.58. The molecule has 0 aliphatic rings. The first kappa shape index (κ1) is 15.0. The maximum Gasteiger partial charge on any atom is 0.287 e. The molecule has 102 valence electrons. The highest BCUT2D eigenvalue weighted by Gasteiger charge is 2.11. The van der Waals surface area contributed by atoms with Crippen LogP contribution in [-0.4, -0.2) is 40.4 Å². The minimum atomic E-state index is -0.281. The fourth-order valence-corrected chi connectivity index (χ4v) is 2.02. The van der Waals surface area contributed by atoms with Gasteiger partial charge in [-0.2, -0.15) is 5.10 Å². The molecule has 0 saturated carbocycles. The topological polar surface area (TPSA) is 50.2 Å². The summed E-state index contributed by atoms with van der Waals surface area (Å²) in [6.07, 6.45) is 1.59. The first-order valence-electron chi connectivity index (χ1n) is 6.20. The third kappa shape index (κ3) is 3.71. The van der Waals surface area contributed by atoms with Gasteiger partial charge in [0.15, 0.2) is 0 Å². The summed E-state index contributed by atoms with van der Waals surface area (Å²) in [4.78, 5) is 13.9. The Morgan fingerprint density at radius 2 is 2.11 bits per heavy atom. The van der Waals surface area contributed by atoms with E-state index in [1.54, 1.807) is 13.2 Å². The van der Waals surface area contributed by atoms with Crippen LogP contribution in [0, 0.1) is 0 Å². The van der Waals surface area contributed by atoms with Crippen molar-refractivity contribution in [2.24, 2.45) is 7.05 Å². The van der Waals surface area contributed by atoms with Crippen molar-refractivity contribution in [2.45, 2.75) is 26.8 Å². The predicted molar refractivity (Wildman–Crippen MR) is 75.4 cm³/mol. The molecular formula is C12H21ClN4O. The van der Waals surface area contributed by atoms with Crippen molar-refractivity contribution in [3.8, 4) is 0 Å². The van der Waals surface area contributed by atoms with Gasteiger partial charge in [0.2, 0.25) is 0 Å². The first-order chi connectivity index (χ1) is 8.49. The third-order valence-corrected chi connectivity index (χ3v) is 3.27. The fraction of sp³-hybridized carbons (Fsp3) is 0.667. The van der Waals surface area contributed by atoms with Crippen LogP contribution in [0.5, 0.6) is 0 Å². The summed E-state index contributed by atoms with van der Waals surface area (Å²) < 4.78 is 1.22. The molecule has 1 aromatic rings. The molecule has 0 fully saturated rings. The summed E-state index contributed by atoms with van der Waals surface area (Å²) in [5.74, 6) is 0. The molecule has 18 heavy (non-hydrogen) atoms. The van der Waals surface area contributed by atoms with Crippen LogP contribution < -0.4 is 10.9 Å². The average molecular weight is 273 g/mol. The van der Waals surface area contributed by atoms with E-state index >= 15 is 0 Å². The van der Waals surface area contributed by atoms with E-state index in [0.29, 0.717) is 5.69 Å². The normalized spacial score (nSPS) is 12.8. The molecule has 0 spiro atoms. The largest absolute Gasteiger partial charge is 0.379 e. The Bertz CT molecular complexity index is 442. The van der Waals surface area contributed by atoms with E-state index in [4.69, 9.17) is 11.6 Å². The number of aryl methyl sites for hydroxylation is 1. The summed E-state index contributed by atoms with van der Waals surface area (Å²) >= 11 is 6.00. The van der Waals surface area contributed by atoms with Gasteiger partial charge in [-0.1, -0.05) is 25.4 Å². The van der Waals surface area contributed by atoms with Gasteiger partial charge < -0.3 is 10.2 Å². The van der Waals surface area contributed by atoms with Crippen molar-refractivity contribution < 1.29 is 0 Å². The van der Waals surface area contributed by atoms with Crippen LogP contribution in [0.3, 0.4) is 0 Å². The molecule has 1 unspecified atom stereocenters. The van der Waals surface area contributed by atoms with Crippen molar-refractivity contribution in [1.82, 2.24) is 14.7 Å². The van der Waals surface area contributed by atoms with E-state index in [1.807, 2.05) is 0 Å². The molecule has 5 nitrogen and oxygen atoms in total. The van der Waals surface area contributed by atoms with Crippen LogP contribution in [0.1, 0.15) is 20.8 Å². The maximum atomic E-state index is 11.6. The SMILES string of the molecule is CCN(CC)CC(C)Nc1cnn(C)c(=O)c1Cl. The highest BCUT2D eigenvalue weighted by molar-refractivity contribution is 6.32. The van der Waals surface area contributed by atoms with Crippen LogP contribution in [0.4, 0.5) is 5.69 Å². The van der Waals surface area contributed by atoms with Gasteiger partial charge >= 0.3 is 0 Å². The molecule has 0 aromatic carbocycles. The molecule has 0 radical (unpaired) electrons. The standard InChI is InChI=1S/C12H21ClN4O/c1-5-17(6-2)8-9(3)15-10-7-14-16(4)12(18)11(10)13/h7,9,15H,5-6,8H2,1-4H3. The van der Waals surface area contributed by atoms with Crippen LogP contribution in [0.15, 0.2) is 11.0 Å². The second kappa shape index (κ2) is 6.75. The molecule has 1 N–H and O–H groups in total. The molecule has 1 rings (SSSR count). The molecule has 1 heterocycles. The van der Waals surface area contributed by atoms with Crippen molar-refractivity contribution in [3.05, 3.63) is 21.6 Å². The Hall–Kier alpha value is -1.07. The van der Waals surface area contributed by atoms with Crippen molar-refractivity contribution in [3.63, 3.8) is 0 Å². The highest BCUT2D eigenvalue weighted by Crippen LogP contribution is 2.16. The first-order valence-corrected chi connectivity index (χ1v) is 6.58. The molecule has 0 aliphatic heterocycles. The van der Waals surface area contributed by atoms with E-state index < -0.39 is 0 Å². The minimum absolute atomic E-state index is 0.193. The third-order valence-electron chi connectivity index (χ3n) is 2.91. The summed E-state index contributed by atoms with van der Waals surface area (Å²) in [5.41, 5.74) is 0.316. The Labute approximate surface area is 113 Å². The van der Waals surface area contributed by atoms with Crippen LogP contribution >= 0.6 is 11.6 Å². The van der Waals surface area contributed by atoms with Gasteiger partial charge in [-0.15, -0.1) is 0 Å². The number of halogens is 1. The van der Waals surface area contributed by atoms with Crippen molar-refractivity contribution >= 4 is 17.3 Å². The zero-order valence-electron chi connectivity index (χ0n) is 11.4. The highest BCUT2D eigenvalue weighted by atomic mass is 35.5. The number of likely N-dealkylation sites (N-methyl/N-ethyl adjacent to an activating group) is 1. The lowest BCUT2D eigenvalue weighted by Crippen LogP contribution is -2.35. The Balaban J connectivity index is 2.73. The summed E-state index contributed by atoms with van der Waals surface area (Å²) in [7, 11) is 1.58. The zero-order chi connectivity index (χ0) is 13.7. The number of aromatic nitrogens is 2. The number of hydrogen-bond donors (Lipinski definition) is 1. The number of rotatable bonds is 6. The number of nitrogens with one attached hydrogen (secondary N) is 1. The lowest BCUT2D eigenvalue weighted by Gasteiger charge is -2.24. The van der Waals surface area contributed by atoms with E-state index in [0.717, 1.165) is 19.6 Å². The average Bonchev–Trinajstić information content (AvgIpc) is 2.36. The summed E-state index contributed by atoms with van der Waals surface area (Å²) in [5, 5.41) is 7.38. The van der Waals surface area contributed by atoms with Gasteiger partial charge in [0.05, 0.1) is 11.9 Å². The van der Waals surface area contributed by atoms with E-state index in [9.17, 15) is 4.79 Å². The number of nitrogens with zero attached hydrogens (tertiary/aromatic N) is 3. The van der Waals surface area contributed by atoms with E-state index in [2.05, 4.69) is 36.1 Å². The number of hydrogen-bond acceptors (Lipinski definition) is 4. The Morgan fingerprint density at radius 3 is 2.67 bits per heavy atom. The number of anilines is 1. The fourth-order valence-electron chi connectivity index (χ4n) is 1.79. The lowest BCUT2D eigenvalue weighted by molar-refractivity contribution is 0.295. The zero-order valence-corrected chi connectivity index (χ0v) is 12.2. The Kier molecular flexibility index (Phi) is 5.62. The van der Waals surface area contributed by atoms with Gasteiger partial charge in [0.1, 0.15) is 5.02 Å². The second-order valence-corrected chi connectivity index (χ2v) is 4.71. The van der Waals surface area contributed by atoms with Gasteiger partial charge in [-0.3, -0.25) is 4.79 Å². The molecule has 0 aliphatic carbocycles. The molecule has 0 saturated heterocycles. The van der Waals surface area contributed by atoms with Gasteiger partial charge in [-0.25, -0.2) is 4.68 Å². The lowest BCUT2D eigenvalue weighted by atomic mass is 10.3. The molecule has 1 atom stereocenters. The quantitative estimate of drug-likeness (QED) is 0.854. The van der Waals surface area contributed by atoms with Crippen LogP contribution in [0.25, 0.3) is 0 Å². The van der Waals surface area contributed by atoms with E-state index in [1.165, 1.54) is 4.68 Å². The van der Waals surface area contributed by atoms with Crippen molar-refractivity contribution in [2.75, 3.05) is 25.0 Å². The summed E-state index contributed by atoms with van der Waals surface area (Å²) in [6.45, 7) is 9.23. The minimum Gasteiger partial charge on any atom is -0.379 e. The van der Waals surface area contributed by atoms with Crippen LogP contribution in [-0.2, 0) is 7.05 Å². The second-order valence-electron chi connectivity index (χ2n) is 4.33. The monoisotopic (exact) mass is 272 g/mol. The van der Waals surface area contributed by atoms with Crippen molar-refractivity contribution in [1.29, 1.82) is 0 Å². The van der Waals surface area contributed by atoms with Crippen LogP contribution in [0.2, 0.25) is 5.02 Å². The smallest absolute Gasteiger partial charge is 0.287 e. The molecule has 0 amide bonds. The summed E-state index contributed by atoms with van der Waals surface area (Å²) in [6, 6.07) is 0.205. The molecular weight excluding hydrogens is 252 g/mol. The Morgan fingerprint density at radius 1 is 1.50 bits per heavy atom. The van der Waals surface area contributed by atoms with Gasteiger partial charge in [0.25, 0.3) is 5.56 Å². The van der Waals surface area contributed by atoms with Gasteiger partial charge in [0, 0.05) is 19.6 Å². The molecule has 6 heteroatoms. The molecule has 0 bridgehead atoms. The molecule has 1 aromatic heterocycles. The van der Waals surface area contributed by atoms with E-state index in [-0.39, 0.29) is 16.6 Å². The maximum absolute atomic E-state index is 11.6. The van der Waals surface area contributed by atoms with Gasteiger partial charge in [-0.05, 0) is 20.0 Å².